The Balaban J connectivity index is 1.65. The van der Waals surface area contributed by atoms with Crippen LogP contribution in [0.3, 0.4) is 0 Å². The van der Waals surface area contributed by atoms with E-state index >= 15 is 0 Å². The van der Waals surface area contributed by atoms with Crippen LogP contribution in [0, 0.1) is 0 Å². The summed E-state index contributed by atoms with van der Waals surface area (Å²) in [7, 11) is -2.01. The van der Waals surface area contributed by atoms with Gasteiger partial charge in [-0.1, -0.05) is 6.07 Å². The number of sulfonamides is 1. The highest BCUT2D eigenvalue weighted by molar-refractivity contribution is 9.10. The van der Waals surface area contributed by atoms with E-state index in [-0.39, 0.29) is 11.0 Å². The molecule has 0 saturated carbocycles. The molecule has 1 aliphatic rings. The van der Waals surface area contributed by atoms with E-state index in [2.05, 4.69) is 20.9 Å². The summed E-state index contributed by atoms with van der Waals surface area (Å²) in [4.78, 5) is 4.45. The second-order valence-electron chi connectivity index (χ2n) is 5.70. The smallest absolute Gasteiger partial charge is 0.243 e. The molecule has 2 heterocycles. The van der Waals surface area contributed by atoms with Crippen molar-refractivity contribution in [1.29, 1.82) is 0 Å². The lowest BCUT2D eigenvalue weighted by Gasteiger charge is -2.17. The quantitative estimate of drug-likeness (QED) is 0.709. The van der Waals surface area contributed by atoms with Crippen LogP contribution in [0.4, 0.5) is 0 Å². The van der Waals surface area contributed by atoms with E-state index in [0.29, 0.717) is 36.3 Å². The summed E-state index contributed by atoms with van der Waals surface area (Å²) in [6.07, 6.45) is 2.26. The van der Waals surface area contributed by atoms with E-state index in [9.17, 15) is 8.42 Å². The number of hydrogen-bond acceptors (Lipinski definition) is 5. The lowest BCUT2D eigenvalue weighted by atomic mass is 10.3. The number of aromatic nitrogens is 1. The van der Waals surface area contributed by atoms with Crippen LogP contribution >= 0.6 is 15.9 Å². The van der Waals surface area contributed by atoms with Crippen LogP contribution in [0.15, 0.2) is 52.0 Å². The van der Waals surface area contributed by atoms with Crippen LogP contribution in [0.5, 0.6) is 5.75 Å². The maximum atomic E-state index is 12.8. The molecule has 3 rings (SSSR count). The van der Waals surface area contributed by atoms with Crippen molar-refractivity contribution in [1.82, 2.24) is 9.29 Å². The van der Waals surface area contributed by atoms with Crippen LogP contribution in [0.1, 0.15) is 12.1 Å². The highest BCUT2D eigenvalue weighted by Gasteiger charge is 2.33. The summed E-state index contributed by atoms with van der Waals surface area (Å²) in [5, 5.41) is 0. The molecule has 6 nitrogen and oxygen atoms in total. The number of pyridine rings is 1. The summed E-state index contributed by atoms with van der Waals surface area (Å²) in [6.45, 7) is 1.17. The Bertz CT molecular complexity index is 830. The number of ether oxygens (including phenoxy) is 2. The molecule has 1 aromatic heterocycles. The fourth-order valence-corrected chi connectivity index (χ4v) is 4.90. The molecule has 1 aromatic carbocycles. The highest BCUT2D eigenvalue weighted by atomic mass is 79.9. The zero-order valence-electron chi connectivity index (χ0n) is 13.8. The molecule has 134 valence electrons. The molecular weight excluding hydrogens is 408 g/mol. The zero-order valence-corrected chi connectivity index (χ0v) is 16.2. The van der Waals surface area contributed by atoms with Crippen molar-refractivity contribution in [2.45, 2.75) is 24.0 Å². The van der Waals surface area contributed by atoms with Crippen LogP contribution in [-0.4, -0.2) is 44.0 Å². The molecular formula is C17H19BrN2O4S. The molecule has 1 aliphatic heterocycles. The van der Waals surface area contributed by atoms with Gasteiger partial charge in [-0.05, 0) is 52.7 Å². The van der Waals surface area contributed by atoms with E-state index in [1.807, 2.05) is 18.2 Å². The van der Waals surface area contributed by atoms with Crippen molar-refractivity contribution >= 4 is 26.0 Å². The van der Waals surface area contributed by atoms with E-state index in [1.54, 1.807) is 24.4 Å². The van der Waals surface area contributed by atoms with Crippen LogP contribution in [0.25, 0.3) is 0 Å². The highest BCUT2D eigenvalue weighted by Crippen LogP contribution is 2.30. The molecule has 0 aliphatic carbocycles. The fourth-order valence-electron chi connectivity index (χ4n) is 2.70. The third-order valence-electron chi connectivity index (χ3n) is 4.06. The summed E-state index contributed by atoms with van der Waals surface area (Å²) < 4.78 is 38.6. The Morgan fingerprint density at radius 1 is 1.32 bits per heavy atom. The van der Waals surface area contributed by atoms with Crippen molar-refractivity contribution in [3.8, 4) is 5.75 Å². The Hall–Kier alpha value is -1.48. The molecule has 1 saturated heterocycles. The predicted octanol–water partition coefficient (Wildman–Crippen LogP) is 2.83. The van der Waals surface area contributed by atoms with Gasteiger partial charge in [0.1, 0.15) is 5.75 Å². The minimum atomic E-state index is -3.55. The van der Waals surface area contributed by atoms with Gasteiger partial charge in [-0.25, -0.2) is 8.42 Å². The molecule has 2 aromatic rings. The largest absolute Gasteiger partial charge is 0.496 e. The number of nitrogens with zero attached hydrogens (tertiary/aromatic N) is 2. The number of rotatable bonds is 6. The van der Waals surface area contributed by atoms with Gasteiger partial charge >= 0.3 is 0 Å². The van der Waals surface area contributed by atoms with Gasteiger partial charge < -0.3 is 9.47 Å². The normalized spacial score (nSPS) is 18.4. The first-order chi connectivity index (χ1) is 12.0. The van der Waals surface area contributed by atoms with Gasteiger partial charge in [0.25, 0.3) is 0 Å². The third kappa shape index (κ3) is 4.20. The molecule has 0 amide bonds. The van der Waals surface area contributed by atoms with Crippen molar-refractivity contribution in [3.63, 3.8) is 0 Å². The second-order valence-corrected chi connectivity index (χ2v) is 8.49. The topological polar surface area (TPSA) is 68.7 Å². The average molecular weight is 427 g/mol. The first-order valence-electron chi connectivity index (χ1n) is 7.86. The molecule has 1 fully saturated rings. The van der Waals surface area contributed by atoms with Crippen LogP contribution < -0.4 is 4.74 Å². The second kappa shape index (κ2) is 7.82. The van der Waals surface area contributed by atoms with Crippen LogP contribution in [-0.2, 0) is 21.4 Å². The average Bonchev–Trinajstić information content (AvgIpc) is 3.10. The first kappa shape index (κ1) is 18.3. The zero-order chi connectivity index (χ0) is 17.9. The summed E-state index contributed by atoms with van der Waals surface area (Å²) in [5.74, 6) is 0.594. The summed E-state index contributed by atoms with van der Waals surface area (Å²) in [6, 6.07) is 10.4. The standard InChI is InChI=1S/C17H19BrN2O4S/c1-23-17-6-5-15(10-16(17)18)25(21,22)20-9-7-14(11-20)24-12-13-4-2-3-8-19-13/h2-6,8,10,14H,7,9,11-12H2,1H3/t14-/m0/s1. The van der Waals surface area contributed by atoms with Crippen molar-refractivity contribution in [3.05, 3.63) is 52.8 Å². The molecule has 0 bridgehead atoms. The van der Waals surface area contributed by atoms with E-state index in [1.165, 1.54) is 11.4 Å². The molecule has 0 radical (unpaired) electrons. The van der Waals surface area contributed by atoms with E-state index in [0.717, 1.165) is 5.69 Å². The van der Waals surface area contributed by atoms with E-state index < -0.39 is 10.0 Å². The molecule has 0 N–H and O–H groups in total. The Kier molecular flexibility index (Phi) is 5.73. The fraction of sp³-hybridized carbons (Fsp3) is 0.353. The minimum absolute atomic E-state index is 0.126. The lowest BCUT2D eigenvalue weighted by Crippen LogP contribution is -2.30. The van der Waals surface area contributed by atoms with Crippen molar-refractivity contribution in [2.24, 2.45) is 0 Å². The van der Waals surface area contributed by atoms with Gasteiger partial charge in [-0.2, -0.15) is 4.31 Å². The Morgan fingerprint density at radius 2 is 2.16 bits per heavy atom. The van der Waals surface area contributed by atoms with Crippen molar-refractivity contribution < 1.29 is 17.9 Å². The molecule has 1 atom stereocenters. The van der Waals surface area contributed by atoms with Gasteiger partial charge in [0.05, 0.1) is 34.9 Å². The Labute approximate surface area is 156 Å². The number of halogens is 1. The van der Waals surface area contributed by atoms with Gasteiger partial charge in [0.15, 0.2) is 0 Å². The molecule has 25 heavy (non-hydrogen) atoms. The van der Waals surface area contributed by atoms with Gasteiger partial charge in [-0.15, -0.1) is 0 Å². The summed E-state index contributed by atoms with van der Waals surface area (Å²) in [5.41, 5.74) is 0.836. The monoisotopic (exact) mass is 426 g/mol. The van der Waals surface area contributed by atoms with Gasteiger partial charge in [0.2, 0.25) is 10.0 Å². The number of hydrogen-bond donors (Lipinski definition) is 0. The SMILES string of the molecule is COc1ccc(S(=O)(=O)N2CC[C@H](OCc3ccccn3)C2)cc1Br. The van der Waals surface area contributed by atoms with E-state index in [4.69, 9.17) is 9.47 Å². The first-order valence-corrected chi connectivity index (χ1v) is 10.1. The lowest BCUT2D eigenvalue weighted by molar-refractivity contribution is 0.0489. The predicted molar refractivity (Wildman–Crippen MR) is 96.9 cm³/mol. The van der Waals surface area contributed by atoms with Gasteiger partial charge in [0, 0.05) is 19.3 Å². The maximum absolute atomic E-state index is 12.8. The minimum Gasteiger partial charge on any atom is -0.496 e. The van der Waals surface area contributed by atoms with Crippen molar-refractivity contribution in [2.75, 3.05) is 20.2 Å². The molecule has 8 heteroatoms. The van der Waals surface area contributed by atoms with Crippen LogP contribution in [0.2, 0.25) is 0 Å². The van der Waals surface area contributed by atoms with Gasteiger partial charge in [-0.3, -0.25) is 4.98 Å². The molecule has 0 unspecified atom stereocenters. The Morgan fingerprint density at radius 3 is 2.84 bits per heavy atom. The number of benzene rings is 1. The third-order valence-corrected chi connectivity index (χ3v) is 6.54. The molecule has 0 spiro atoms. The number of methoxy groups -OCH3 is 1. The summed E-state index contributed by atoms with van der Waals surface area (Å²) >= 11 is 3.33. The maximum Gasteiger partial charge on any atom is 0.243 e.